The van der Waals surface area contributed by atoms with Crippen molar-refractivity contribution in [1.82, 2.24) is 4.68 Å². The molecule has 0 N–H and O–H groups in total. The standard InChI is InChI=1S/C19H21N3OS2/c1-4-20-19-22(17(13-25-19)18-6-5-11-24-18)21-14(2)12-15-7-9-16(23-3)10-8-15/h5-11,13H,4,12H2,1-3H3. The molecule has 0 saturated heterocycles. The van der Waals surface area contributed by atoms with Crippen molar-refractivity contribution < 1.29 is 4.74 Å². The first kappa shape index (κ1) is 17.6. The van der Waals surface area contributed by atoms with Gasteiger partial charge in [-0.05, 0) is 43.0 Å². The molecular formula is C19H21N3OS2. The summed E-state index contributed by atoms with van der Waals surface area (Å²) in [5, 5.41) is 9.07. The molecule has 3 aromatic rings. The Hall–Kier alpha value is -2.18. The van der Waals surface area contributed by atoms with Gasteiger partial charge in [-0.3, -0.25) is 4.99 Å². The van der Waals surface area contributed by atoms with Gasteiger partial charge < -0.3 is 4.74 Å². The van der Waals surface area contributed by atoms with E-state index in [0.29, 0.717) is 0 Å². The predicted octanol–water partition coefficient (Wildman–Crippen LogP) is 4.67. The minimum absolute atomic E-state index is 0.747. The first-order valence-electron chi connectivity index (χ1n) is 8.13. The summed E-state index contributed by atoms with van der Waals surface area (Å²) in [6, 6.07) is 12.3. The number of benzene rings is 1. The highest BCUT2D eigenvalue weighted by Gasteiger charge is 2.09. The molecule has 4 nitrogen and oxygen atoms in total. The van der Waals surface area contributed by atoms with E-state index in [1.165, 1.54) is 10.4 Å². The highest BCUT2D eigenvalue weighted by molar-refractivity contribution is 7.14. The summed E-state index contributed by atoms with van der Waals surface area (Å²) in [5.74, 6) is 0.870. The fourth-order valence-corrected chi connectivity index (χ4v) is 4.17. The van der Waals surface area contributed by atoms with E-state index in [1.54, 1.807) is 29.8 Å². The molecule has 6 heteroatoms. The Morgan fingerprint density at radius 2 is 1.96 bits per heavy atom. The molecule has 0 spiro atoms. The molecule has 0 amide bonds. The Bertz CT molecular complexity index is 903. The zero-order valence-corrected chi connectivity index (χ0v) is 16.2. The highest BCUT2D eigenvalue weighted by Crippen LogP contribution is 2.25. The normalized spacial score (nSPS) is 12.6. The molecule has 2 heterocycles. The maximum Gasteiger partial charge on any atom is 0.206 e. The molecule has 0 aliphatic rings. The highest BCUT2D eigenvalue weighted by atomic mass is 32.1. The fraction of sp³-hybridized carbons (Fsp3) is 0.263. The monoisotopic (exact) mass is 371 g/mol. The molecule has 0 atom stereocenters. The van der Waals surface area contributed by atoms with Crippen LogP contribution < -0.4 is 9.54 Å². The first-order valence-corrected chi connectivity index (χ1v) is 9.89. The maximum absolute atomic E-state index is 5.21. The van der Waals surface area contributed by atoms with Crippen LogP contribution in [0.2, 0.25) is 0 Å². The van der Waals surface area contributed by atoms with Crippen molar-refractivity contribution in [3.8, 4) is 16.3 Å². The summed E-state index contributed by atoms with van der Waals surface area (Å²) < 4.78 is 7.19. The number of nitrogens with zero attached hydrogens (tertiary/aromatic N) is 3. The molecule has 3 rings (SSSR count). The van der Waals surface area contributed by atoms with Crippen molar-refractivity contribution in [2.75, 3.05) is 13.7 Å². The van der Waals surface area contributed by atoms with Crippen molar-refractivity contribution in [3.05, 3.63) is 57.5 Å². The van der Waals surface area contributed by atoms with E-state index in [1.807, 2.05) is 23.7 Å². The number of thiazole rings is 1. The van der Waals surface area contributed by atoms with Crippen molar-refractivity contribution in [3.63, 3.8) is 0 Å². The topological polar surface area (TPSA) is 38.9 Å². The SMILES string of the molecule is CCN=c1scc(-c2cccs2)n1N=C(C)Cc1ccc(OC)cc1. The second-order valence-electron chi connectivity index (χ2n) is 5.53. The lowest BCUT2D eigenvalue weighted by molar-refractivity contribution is 0.414. The van der Waals surface area contributed by atoms with Gasteiger partial charge >= 0.3 is 0 Å². The van der Waals surface area contributed by atoms with E-state index in [0.717, 1.165) is 34.9 Å². The molecule has 0 aliphatic carbocycles. The van der Waals surface area contributed by atoms with Gasteiger partial charge in [-0.2, -0.15) is 5.10 Å². The van der Waals surface area contributed by atoms with Gasteiger partial charge in [-0.15, -0.1) is 22.7 Å². The van der Waals surface area contributed by atoms with E-state index in [9.17, 15) is 0 Å². The van der Waals surface area contributed by atoms with Crippen molar-refractivity contribution in [2.24, 2.45) is 10.1 Å². The van der Waals surface area contributed by atoms with Crippen LogP contribution in [0.3, 0.4) is 0 Å². The third kappa shape index (κ3) is 4.27. The summed E-state index contributed by atoms with van der Waals surface area (Å²) in [5.41, 5.74) is 3.35. The number of aromatic nitrogens is 1. The van der Waals surface area contributed by atoms with Crippen molar-refractivity contribution in [2.45, 2.75) is 20.3 Å². The fourth-order valence-electron chi connectivity index (χ4n) is 2.48. The van der Waals surface area contributed by atoms with Crippen molar-refractivity contribution >= 4 is 28.4 Å². The van der Waals surface area contributed by atoms with Crippen LogP contribution in [0.4, 0.5) is 0 Å². The van der Waals surface area contributed by atoms with Gasteiger partial charge in [0.1, 0.15) is 5.75 Å². The van der Waals surface area contributed by atoms with E-state index in [2.05, 4.69) is 46.9 Å². The van der Waals surface area contributed by atoms with Crippen LogP contribution in [-0.4, -0.2) is 24.0 Å². The molecular weight excluding hydrogens is 350 g/mol. The number of thiophene rings is 1. The van der Waals surface area contributed by atoms with Crippen molar-refractivity contribution in [1.29, 1.82) is 0 Å². The lowest BCUT2D eigenvalue weighted by Gasteiger charge is -2.06. The van der Waals surface area contributed by atoms with E-state index >= 15 is 0 Å². The molecule has 0 aliphatic heterocycles. The molecule has 130 valence electrons. The van der Waals surface area contributed by atoms with Gasteiger partial charge in [0.2, 0.25) is 4.80 Å². The van der Waals surface area contributed by atoms with Crippen LogP contribution >= 0.6 is 22.7 Å². The van der Waals surface area contributed by atoms with Crippen LogP contribution in [0.25, 0.3) is 10.6 Å². The predicted molar refractivity (Wildman–Crippen MR) is 107 cm³/mol. The molecule has 0 bridgehead atoms. The summed E-state index contributed by atoms with van der Waals surface area (Å²) in [6.07, 6.45) is 0.794. The second-order valence-corrected chi connectivity index (χ2v) is 7.31. The van der Waals surface area contributed by atoms with Gasteiger partial charge in [-0.1, -0.05) is 18.2 Å². The molecule has 0 radical (unpaired) electrons. The third-order valence-corrected chi connectivity index (χ3v) is 5.39. The molecule has 2 aromatic heterocycles. The smallest absolute Gasteiger partial charge is 0.206 e. The molecule has 25 heavy (non-hydrogen) atoms. The first-order chi connectivity index (χ1) is 12.2. The molecule has 1 aromatic carbocycles. The van der Waals surface area contributed by atoms with Crippen LogP contribution in [0.15, 0.2) is 57.3 Å². The van der Waals surface area contributed by atoms with E-state index < -0.39 is 0 Å². The number of rotatable bonds is 6. The molecule has 0 fully saturated rings. The zero-order valence-electron chi connectivity index (χ0n) is 14.6. The van der Waals surface area contributed by atoms with E-state index in [-0.39, 0.29) is 0 Å². The van der Waals surface area contributed by atoms with Gasteiger partial charge in [0, 0.05) is 24.1 Å². The van der Waals surface area contributed by atoms with Gasteiger partial charge in [0.15, 0.2) is 0 Å². The lowest BCUT2D eigenvalue weighted by atomic mass is 10.1. The Labute approximate surface area is 155 Å². The molecule has 0 saturated carbocycles. The zero-order chi connectivity index (χ0) is 17.6. The average molecular weight is 372 g/mol. The van der Waals surface area contributed by atoms with Crippen LogP contribution in [0.5, 0.6) is 5.75 Å². The third-order valence-electron chi connectivity index (χ3n) is 3.64. The largest absolute Gasteiger partial charge is 0.497 e. The average Bonchev–Trinajstić information content (AvgIpc) is 3.26. The minimum atomic E-state index is 0.747. The van der Waals surface area contributed by atoms with Crippen LogP contribution in [0, 0.1) is 0 Å². The maximum atomic E-state index is 5.21. The number of hydrogen-bond acceptors (Lipinski definition) is 5. The summed E-state index contributed by atoms with van der Waals surface area (Å²) in [7, 11) is 1.68. The quantitative estimate of drug-likeness (QED) is 0.580. The number of hydrogen-bond donors (Lipinski definition) is 0. The number of methoxy groups -OCH3 is 1. The Kier molecular flexibility index (Phi) is 5.83. The van der Waals surface area contributed by atoms with E-state index in [4.69, 9.17) is 9.84 Å². The second kappa shape index (κ2) is 8.27. The van der Waals surface area contributed by atoms with Crippen LogP contribution in [0.1, 0.15) is 19.4 Å². The lowest BCUT2D eigenvalue weighted by Crippen LogP contribution is -2.14. The summed E-state index contributed by atoms with van der Waals surface area (Å²) in [4.78, 5) is 6.72. The number of ether oxygens (including phenoxy) is 1. The summed E-state index contributed by atoms with van der Waals surface area (Å²) >= 11 is 3.35. The Morgan fingerprint density at radius 3 is 2.60 bits per heavy atom. The molecule has 0 unspecified atom stereocenters. The minimum Gasteiger partial charge on any atom is -0.497 e. The van der Waals surface area contributed by atoms with Crippen LogP contribution in [-0.2, 0) is 6.42 Å². The van der Waals surface area contributed by atoms with Gasteiger partial charge in [-0.25, -0.2) is 4.68 Å². The Morgan fingerprint density at radius 1 is 1.16 bits per heavy atom. The Balaban J connectivity index is 1.93. The van der Waals surface area contributed by atoms with Gasteiger partial charge in [0.25, 0.3) is 0 Å². The summed E-state index contributed by atoms with van der Waals surface area (Å²) in [6.45, 7) is 4.85. The van der Waals surface area contributed by atoms with Gasteiger partial charge in [0.05, 0.1) is 17.7 Å².